The zero-order valence-electron chi connectivity index (χ0n) is 15.3. The second kappa shape index (κ2) is 11.4. The van der Waals surface area contributed by atoms with Crippen molar-refractivity contribution < 1.29 is 23.2 Å². The van der Waals surface area contributed by atoms with E-state index in [9.17, 15) is 0 Å². The van der Waals surface area contributed by atoms with Crippen LogP contribution in [0.15, 0.2) is 42.0 Å². The van der Waals surface area contributed by atoms with E-state index in [0.717, 1.165) is 0 Å². The van der Waals surface area contributed by atoms with E-state index < -0.39 is 23.2 Å². The van der Waals surface area contributed by atoms with Crippen LogP contribution in [0, 0.1) is 0 Å². The van der Waals surface area contributed by atoms with Gasteiger partial charge in [-0.05, 0) is 0 Å². The van der Waals surface area contributed by atoms with Crippen LogP contribution in [0.5, 0.6) is 0 Å². The second-order valence-electron chi connectivity index (χ2n) is 6.97. The predicted molar refractivity (Wildman–Crippen MR) is 99.1 cm³/mol. The third-order valence-electron chi connectivity index (χ3n) is 4.96. The molecule has 0 aromatic rings. The summed E-state index contributed by atoms with van der Waals surface area (Å²) in [4.78, 5) is 0. The molecule has 0 bridgehead atoms. The van der Waals surface area contributed by atoms with E-state index in [-0.39, 0.29) is 0 Å². The molecule has 23 heavy (non-hydrogen) atoms. The fourth-order valence-corrected chi connectivity index (χ4v) is 7.29. The molecule has 2 aliphatic carbocycles. The van der Waals surface area contributed by atoms with Gasteiger partial charge >= 0.3 is 156 Å². The molecule has 0 amide bonds. The molecule has 126 valence electrons. The molecule has 0 saturated carbocycles. The Morgan fingerprint density at radius 3 is 1.61 bits per heavy atom. The number of hydrogen-bond donors (Lipinski definition) is 0. The fourth-order valence-electron chi connectivity index (χ4n) is 3.50. The van der Waals surface area contributed by atoms with Gasteiger partial charge in [-0.1, -0.05) is 0 Å². The zero-order valence-corrected chi connectivity index (χ0v) is 17.8. The van der Waals surface area contributed by atoms with Crippen molar-refractivity contribution in [3.8, 4) is 0 Å². The zero-order chi connectivity index (χ0) is 16.3. The molecule has 1 heteroatoms. The molecule has 0 spiro atoms. The Morgan fingerprint density at radius 2 is 1.17 bits per heavy atom. The number of rotatable bonds is 12. The van der Waals surface area contributed by atoms with Crippen molar-refractivity contribution in [1.82, 2.24) is 0 Å². The quantitative estimate of drug-likeness (QED) is 0.304. The number of allylic oxidation sites excluding steroid dienone is 8. The van der Waals surface area contributed by atoms with E-state index in [1.54, 1.807) is 11.1 Å². The van der Waals surface area contributed by atoms with Crippen LogP contribution in [-0.4, -0.2) is 0 Å². The van der Waals surface area contributed by atoms with Gasteiger partial charge in [-0.3, -0.25) is 0 Å². The Balaban J connectivity index is 1.85. The maximum atomic E-state index is 2.45. The number of unbranched alkanes of at least 4 members (excludes halogenated alkanes) is 6. The third kappa shape index (κ3) is 6.69. The summed E-state index contributed by atoms with van der Waals surface area (Å²) in [7, 11) is 0. The van der Waals surface area contributed by atoms with Crippen molar-refractivity contribution in [2.45, 2.75) is 90.9 Å². The summed E-state index contributed by atoms with van der Waals surface area (Å²) in [6, 6.07) is 0. The van der Waals surface area contributed by atoms with Crippen molar-refractivity contribution in [2.24, 2.45) is 0 Å². The van der Waals surface area contributed by atoms with E-state index in [2.05, 4.69) is 38.2 Å². The van der Waals surface area contributed by atoms with E-state index in [0.29, 0.717) is 0 Å². The summed E-state index contributed by atoms with van der Waals surface area (Å²) in [5.41, 5.74) is 3.47. The normalized spacial score (nSPS) is 17.0. The average molecular weight is 390 g/mol. The molecule has 0 nitrogen and oxygen atoms in total. The Morgan fingerprint density at radius 1 is 0.696 bits per heavy atom. The summed E-state index contributed by atoms with van der Waals surface area (Å²) in [6.07, 6.45) is 26.1. The van der Waals surface area contributed by atoms with Crippen molar-refractivity contribution in [2.75, 3.05) is 0 Å². The van der Waals surface area contributed by atoms with Gasteiger partial charge in [-0.25, -0.2) is 0 Å². The first-order valence-corrected chi connectivity index (χ1v) is 12.3. The summed E-state index contributed by atoms with van der Waals surface area (Å²) in [5.74, 6) is 0. The van der Waals surface area contributed by atoms with Gasteiger partial charge in [-0.2, -0.15) is 0 Å². The Bertz CT molecular complexity index is 432. The molecule has 0 radical (unpaired) electrons. The van der Waals surface area contributed by atoms with Crippen molar-refractivity contribution >= 4 is 0 Å². The molecule has 0 saturated heterocycles. The van der Waals surface area contributed by atoms with Gasteiger partial charge in [0.1, 0.15) is 0 Å². The van der Waals surface area contributed by atoms with Crippen LogP contribution in [0.2, 0.25) is 0 Å². The molecule has 0 aromatic heterocycles. The van der Waals surface area contributed by atoms with Gasteiger partial charge in [0.2, 0.25) is 0 Å². The molecule has 0 heterocycles. The van der Waals surface area contributed by atoms with E-state index in [1.807, 2.05) is 6.56 Å². The van der Waals surface area contributed by atoms with Crippen LogP contribution < -0.4 is 0 Å². The summed E-state index contributed by atoms with van der Waals surface area (Å²) in [5, 5.41) is 0. The van der Waals surface area contributed by atoms with Gasteiger partial charge < -0.3 is 0 Å². The van der Waals surface area contributed by atoms with Crippen LogP contribution in [0.3, 0.4) is 0 Å². The minimum atomic E-state index is -0.493. The van der Waals surface area contributed by atoms with Crippen LogP contribution in [0.25, 0.3) is 0 Å². The SMILES string of the molecule is CCCCCCC1=[C]([Zr][C]2=C(CCCCCC)C=CC2)CC=C1. The fraction of sp³-hybridized carbons (Fsp3) is 0.636. The van der Waals surface area contributed by atoms with Gasteiger partial charge in [0.25, 0.3) is 0 Å². The van der Waals surface area contributed by atoms with E-state index in [4.69, 9.17) is 0 Å². The molecule has 0 atom stereocenters. The van der Waals surface area contributed by atoms with E-state index in [1.165, 1.54) is 77.0 Å². The maximum absolute atomic E-state index is 2.45. The van der Waals surface area contributed by atoms with E-state index >= 15 is 0 Å². The molecule has 0 aromatic carbocycles. The molecular formula is C22H34Zr. The van der Waals surface area contributed by atoms with Gasteiger partial charge in [0.15, 0.2) is 0 Å². The topological polar surface area (TPSA) is 0 Å². The molecule has 0 aliphatic heterocycles. The van der Waals surface area contributed by atoms with Crippen LogP contribution >= 0.6 is 0 Å². The summed E-state index contributed by atoms with van der Waals surface area (Å²) < 4.78 is 3.77. The van der Waals surface area contributed by atoms with Crippen LogP contribution in [0.1, 0.15) is 90.9 Å². The Hall–Kier alpha value is -0.157. The van der Waals surface area contributed by atoms with Gasteiger partial charge in [-0.15, -0.1) is 0 Å². The molecule has 0 fully saturated rings. The third-order valence-corrected chi connectivity index (χ3v) is 9.02. The Kier molecular flexibility index (Phi) is 9.51. The summed E-state index contributed by atoms with van der Waals surface area (Å²) in [6.45, 7) is 4.60. The predicted octanol–water partition coefficient (Wildman–Crippen LogP) is 7.44. The van der Waals surface area contributed by atoms with Gasteiger partial charge in [0, 0.05) is 0 Å². The van der Waals surface area contributed by atoms with Crippen molar-refractivity contribution in [3.05, 3.63) is 42.0 Å². The van der Waals surface area contributed by atoms with Crippen LogP contribution in [-0.2, 0) is 23.2 Å². The molecule has 0 N–H and O–H groups in total. The average Bonchev–Trinajstić information content (AvgIpc) is 3.18. The molecule has 2 aliphatic rings. The Labute approximate surface area is 155 Å². The monoisotopic (exact) mass is 388 g/mol. The minimum absolute atomic E-state index is 0.493. The first-order valence-electron chi connectivity index (χ1n) is 9.89. The van der Waals surface area contributed by atoms with Crippen molar-refractivity contribution in [3.63, 3.8) is 0 Å². The molecule has 0 unspecified atom stereocenters. The second-order valence-corrected chi connectivity index (χ2v) is 10.5. The van der Waals surface area contributed by atoms with Crippen molar-refractivity contribution in [1.29, 1.82) is 0 Å². The van der Waals surface area contributed by atoms with Crippen LogP contribution in [0.4, 0.5) is 0 Å². The molecular weight excluding hydrogens is 355 g/mol. The number of hydrogen-bond acceptors (Lipinski definition) is 0. The first-order chi connectivity index (χ1) is 11.3. The molecule has 2 rings (SSSR count). The summed E-state index contributed by atoms with van der Waals surface area (Å²) >= 11 is -0.493. The standard InChI is InChI=1S/2C11H17.Zr/c2*1-2-3-4-5-8-11-9-6-7-10-11;/h2*6,9H,2-5,7-8H2,1H3;. The first kappa shape index (κ1) is 19.2. The van der Waals surface area contributed by atoms with Gasteiger partial charge in [0.05, 0.1) is 0 Å².